The molecule has 0 bridgehead atoms. The molecule has 10 nitrogen and oxygen atoms in total. The summed E-state index contributed by atoms with van der Waals surface area (Å²) in [4.78, 5) is 30.0. The van der Waals surface area contributed by atoms with Crippen molar-refractivity contribution in [2.75, 3.05) is 38.8 Å². The molecule has 0 radical (unpaired) electrons. The van der Waals surface area contributed by atoms with Crippen LogP contribution in [0.4, 0.5) is 10.3 Å². The lowest BCUT2D eigenvalue weighted by molar-refractivity contribution is -0.231. The molecule has 1 aliphatic rings. The summed E-state index contributed by atoms with van der Waals surface area (Å²) in [5.74, 6) is 0.374. The molecule has 0 aliphatic carbocycles. The molecule has 1 aliphatic heterocycles. The smallest absolute Gasteiger partial charge is 0.230 e. The molecule has 0 saturated carbocycles. The van der Waals surface area contributed by atoms with E-state index >= 15 is 0 Å². The topological polar surface area (TPSA) is 123 Å². The number of H-pyrrole nitrogens is 1. The maximum Gasteiger partial charge on any atom is 0.230 e. The summed E-state index contributed by atoms with van der Waals surface area (Å²) in [5, 5.41) is 6.16. The van der Waals surface area contributed by atoms with E-state index < -0.39 is 11.7 Å². The van der Waals surface area contributed by atoms with Crippen LogP contribution in [0.3, 0.4) is 0 Å². The first-order valence-electron chi connectivity index (χ1n) is 13.4. The van der Waals surface area contributed by atoms with Crippen molar-refractivity contribution in [1.82, 2.24) is 25.3 Å². The van der Waals surface area contributed by atoms with Crippen molar-refractivity contribution in [1.29, 1.82) is 0 Å². The Bertz CT molecular complexity index is 1440. The van der Waals surface area contributed by atoms with Crippen LogP contribution in [0.2, 0.25) is 0 Å². The first-order valence-corrected chi connectivity index (χ1v) is 13.4. The van der Waals surface area contributed by atoms with E-state index in [1.807, 2.05) is 37.3 Å². The van der Waals surface area contributed by atoms with Gasteiger partial charge in [0.05, 0.1) is 35.7 Å². The molecule has 1 amide bonds. The van der Waals surface area contributed by atoms with Gasteiger partial charge in [0.15, 0.2) is 5.82 Å². The van der Waals surface area contributed by atoms with Gasteiger partial charge in [-0.15, -0.1) is 0 Å². The Balaban J connectivity index is 1.33. The van der Waals surface area contributed by atoms with E-state index in [0.717, 1.165) is 12.0 Å². The molecule has 0 atom stereocenters. The molecule has 3 N–H and O–H groups in total. The average Bonchev–Trinajstić information content (AvgIpc) is 3.45. The summed E-state index contributed by atoms with van der Waals surface area (Å²) < 4.78 is 30.8. The molecule has 3 heterocycles. The van der Waals surface area contributed by atoms with Crippen LogP contribution in [0.15, 0.2) is 66.9 Å². The van der Waals surface area contributed by atoms with Crippen molar-refractivity contribution in [3.63, 3.8) is 0 Å². The number of carbonyl (C=O) groups is 1. The van der Waals surface area contributed by atoms with Gasteiger partial charge in [-0.3, -0.25) is 4.79 Å². The zero-order chi connectivity index (χ0) is 28.7. The normalized spacial score (nSPS) is 18.7. The Morgan fingerprint density at radius 3 is 2.59 bits per heavy atom. The molecule has 41 heavy (non-hydrogen) atoms. The van der Waals surface area contributed by atoms with Crippen molar-refractivity contribution in [3.8, 4) is 22.6 Å². The maximum absolute atomic E-state index is 13.7. The molecule has 1 fully saturated rings. The predicted molar refractivity (Wildman–Crippen MR) is 151 cm³/mol. The van der Waals surface area contributed by atoms with Crippen LogP contribution in [-0.2, 0) is 25.5 Å². The zero-order valence-electron chi connectivity index (χ0n) is 23.0. The average molecular weight is 561 g/mol. The van der Waals surface area contributed by atoms with Gasteiger partial charge in [-0.05, 0) is 49.2 Å². The summed E-state index contributed by atoms with van der Waals surface area (Å²) in [6.45, 7) is 3.79. The number of imidazole rings is 1. The summed E-state index contributed by atoms with van der Waals surface area (Å²) >= 11 is 0. The van der Waals surface area contributed by atoms with E-state index in [2.05, 4.69) is 25.6 Å². The fourth-order valence-corrected chi connectivity index (χ4v) is 4.39. The molecule has 1 saturated heterocycles. The predicted octanol–water partition coefficient (Wildman–Crippen LogP) is 4.49. The van der Waals surface area contributed by atoms with Crippen LogP contribution in [0.1, 0.15) is 31.0 Å². The first-order chi connectivity index (χ1) is 19.9. The largest absolute Gasteiger partial charge is 0.385 e. The van der Waals surface area contributed by atoms with Crippen molar-refractivity contribution in [2.45, 2.75) is 26.2 Å². The second kappa shape index (κ2) is 13.0. The highest BCUT2D eigenvalue weighted by molar-refractivity contribution is 5.82. The summed E-state index contributed by atoms with van der Waals surface area (Å²) in [7, 11) is 1.66. The van der Waals surface area contributed by atoms with Crippen molar-refractivity contribution in [2.24, 2.45) is 5.41 Å². The van der Waals surface area contributed by atoms with Crippen molar-refractivity contribution in [3.05, 3.63) is 84.1 Å². The molecular weight excluding hydrogens is 527 g/mol. The Morgan fingerprint density at radius 2 is 1.85 bits per heavy atom. The van der Waals surface area contributed by atoms with Gasteiger partial charge >= 0.3 is 0 Å². The van der Waals surface area contributed by atoms with Gasteiger partial charge in [-0.1, -0.05) is 30.3 Å². The van der Waals surface area contributed by atoms with E-state index in [-0.39, 0.29) is 24.9 Å². The van der Waals surface area contributed by atoms with Crippen molar-refractivity contribution < 1.29 is 23.4 Å². The van der Waals surface area contributed by atoms with Crippen LogP contribution in [-0.4, -0.2) is 59.3 Å². The Labute approximate surface area is 237 Å². The highest BCUT2D eigenvalue weighted by Crippen LogP contribution is 2.35. The fraction of sp³-hybridized carbons (Fsp3) is 0.333. The third-order valence-electron chi connectivity index (χ3n) is 6.73. The minimum atomic E-state index is -0.865. The van der Waals surface area contributed by atoms with Gasteiger partial charge in [0.2, 0.25) is 18.1 Å². The molecule has 4 aromatic rings. The number of benzene rings is 2. The van der Waals surface area contributed by atoms with E-state index in [4.69, 9.17) is 19.2 Å². The number of carbonyl (C=O) groups excluding carboxylic acids is 1. The second-order valence-electron chi connectivity index (χ2n) is 10.1. The van der Waals surface area contributed by atoms with Crippen LogP contribution in [0, 0.1) is 11.2 Å². The molecule has 11 heteroatoms. The minimum absolute atomic E-state index is 0.142. The van der Waals surface area contributed by atoms with Gasteiger partial charge in [0.25, 0.3) is 0 Å². The Hall–Kier alpha value is -4.19. The highest BCUT2D eigenvalue weighted by Gasteiger charge is 2.40. The SMILES string of the molecule is COCCCNc1nccc(-c2[nH]c(C3OCC(C)(C(=O)NCc4ccccc4)CO3)nc2-c2ccc(F)cc2)n1. The number of anilines is 1. The molecule has 2 aromatic carbocycles. The quantitative estimate of drug-likeness (QED) is 0.229. The number of methoxy groups -OCH3 is 1. The molecule has 5 rings (SSSR count). The van der Waals surface area contributed by atoms with Gasteiger partial charge in [0.1, 0.15) is 5.82 Å². The number of halogens is 1. The van der Waals surface area contributed by atoms with Crippen molar-refractivity contribution >= 4 is 11.9 Å². The minimum Gasteiger partial charge on any atom is -0.385 e. The highest BCUT2D eigenvalue weighted by atomic mass is 19.1. The van der Waals surface area contributed by atoms with E-state index in [1.165, 1.54) is 12.1 Å². The molecule has 214 valence electrons. The second-order valence-corrected chi connectivity index (χ2v) is 10.1. The number of hydrogen-bond acceptors (Lipinski definition) is 8. The molecule has 2 aromatic heterocycles. The van der Waals surface area contributed by atoms with Crippen LogP contribution in [0.25, 0.3) is 22.6 Å². The lowest BCUT2D eigenvalue weighted by Crippen LogP contribution is -2.48. The number of nitrogens with zero attached hydrogens (tertiary/aromatic N) is 3. The van der Waals surface area contributed by atoms with Crippen LogP contribution >= 0.6 is 0 Å². The fourth-order valence-electron chi connectivity index (χ4n) is 4.39. The lowest BCUT2D eigenvalue weighted by Gasteiger charge is -2.35. The number of amides is 1. The number of hydrogen-bond donors (Lipinski definition) is 3. The Morgan fingerprint density at radius 1 is 1.10 bits per heavy atom. The van der Waals surface area contributed by atoms with E-state index in [0.29, 0.717) is 54.1 Å². The monoisotopic (exact) mass is 560 g/mol. The summed E-state index contributed by atoms with van der Waals surface area (Å²) in [6.07, 6.45) is 1.63. The molecule has 0 spiro atoms. The number of ether oxygens (including phenoxy) is 3. The number of aromatic nitrogens is 4. The van der Waals surface area contributed by atoms with Gasteiger partial charge in [-0.2, -0.15) is 0 Å². The Kier molecular flexibility index (Phi) is 8.98. The zero-order valence-corrected chi connectivity index (χ0v) is 23.0. The number of rotatable bonds is 11. The van der Waals surface area contributed by atoms with E-state index in [1.54, 1.807) is 31.5 Å². The number of nitrogens with one attached hydrogen (secondary N) is 3. The van der Waals surface area contributed by atoms with Gasteiger partial charge < -0.3 is 29.8 Å². The maximum atomic E-state index is 13.7. The third-order valence-corrected chi connectivity index (χ3v) is 6.73. The van der Waals surface area contributed by atoms with Crippen LogP contribution in [0.5, 0.6) is 0 Å². The summed E-state index contributed by atoms with van der Waals surface area (Å²) in [5.41, 5.74) is 2.59. The molecule has 0 unspecified atom stereocenters. The number of aromatic amines is 1. The van der Waals surface area contributed by atoms with Crippen LogP contribution < -0.4 is 10.6 Å². The summed E-state index contributed by atoms with van der Waals surface area (Å²) in [6, 6.07) is 17.5. The lowest BCUT2D eigenvalue weighted by atomic mass is 9.91. The van der Waals surface area contributed by atoms with Gasteiger partial charge in [-0.25, -0.2) is 19.3 Å². The standard InChI is InChI=1S/C30H33FN6O4/c1-30(28(38)34-17-20-7-4-3-5-8-20)18-40-27(41-19-30)26-36-24(21-9-11-22(31)12-10-21)25(37-26)23-13-15-33-29(35-23)32-14-6-16-39-2/h3-5,7-13,15,27H,6,14,16-19H2,1-2H3,(H,34,38)(H,36,37)(H,32,33,35). The van der Waals surface area contributed by atoms with E-state index in [9.17, 15) is 9.18 Å². The van der Waals surface area contributed by atoms with Gasteiger partial charge in [0, 0.05) is 38.6 Å². The first kappa shape index (κ1) is 28.3. The molecular formula is C30H33FN6O4. The third kappa shape index (κ3) is 6.94.